The average Bonchev–Trinajstić information content (AvgIpc) is 2.79. The number of benzene rings is 1. The lowest BCUT2D eigenvalue weighted by molar-refractivity contribution is 0.472. The summed E-state index contributed by atoms with van der Waals surface area (Å²) in [6, 6.07) is 5.70. The molecule has 1 aromatic heterocycles. The Bertz CT molecular complexity index is 546. The van der Waals surface area contributed by atoms with E-state index in [1.165, 1.54) is 5.56 Å². The van der Waals surface area contributed by atoms with E-state index in [1.807, 2.05) is 23.0 Å². The fourth-order valence-corrected chi connectivity index (χ4v) is 2.12. The lowest BCUT2D eigenvalue weighted by atomic mass is 10.0. The van der Waals surface area contributed by atoms with Gasteiger partial charge in [-0.2, -0.15) is 0 Å². The molecule has 0 saturated heterocycles. The maximum absolute atomic E-state index is 9.97. The standard InChI is InChI=1S/C15H21N3O/c1-4-5-12-6-7-15(19)13(8-12)14-10-18(17-16-14)9-11(2)3/h6-8,10-11,19H,4-5,9H2,1-3H3. The topological polar surface area (TPSA) is 50.9 Å². The van der Waals surface area contributed by atoms with Crippen molar-refractivity contribution in [3.63, 3.8) is 0 Å². The van der Waals surface area contributed by atoms with E-state index in [-0.39, 0.29) is 5.75 Å². The molecule has 0 aliphatic heterocycles. The Labute approximate surface area is 114 Å². The Morgan fingerprint density at radius 2 is 2.11 bits per heavy atom. The van der Waals surface area contributed by atoms with Crippen LogP contribution in [0, 0.1) is 5.92 Å². The largest absolute Gasteiger partial charge is 0.507 e. The van der Waals surface area contributed by atoms with Crippen molar-refractivity contribution >= 4 is 0 Å². The number of phenolic OH excluding ortho intramolecular Hbond substituents is 1. The molecule has 0 bridgehead atoms. The molecule has 2 aromatic rings. The van der Waals surface area contributed by atoms with Crippen LogP contribution in [-0.2, 0) is 13.0 Å². The summed E-state index contributed by atoms with van der Waals surface area (Å²) < 4.78 is 1.83. The molecule has 19 heavy (non-hydrogen) atoms. The van der Waals surface area contributed by atoms with Gasteiger partial charge in [0, 0.05) is 12.1 Å². The van der Waals surface area contributed by atoms with Crippen molar-refractivity contribution in [3.8, 4) is 17.0 Å². The van der Waals surface area contributed by atoms with Crippen LogP contribution in [0.3, 0.4) is 0 Å². The Morgan fingerprint density at radius 3 is 2.79 bits per heavy atom. The van der Waals surface area contributed by atoms with Crippen LogP contribution in [0.4, 0.5) is 0 Å². The van der Waals surface area contributed by atoms with E-state index in [4.69, 9.17) is 0 Å². The molecular weight excluding hydrogens is 238 g/mol. The molecule has 0 atom stereocenters. The first-order valence-corrected chi connectivity index (χ1v) is 6.82. The molecule has 4 nitrogen and oxygen atoms in total. The van der Waals surface area contributed by atoms with Crippen LogP contribution in [0.5, 0.6) is 5.75 Å². The average molecular weight is 259 g/mol. The zero-order chi connectivity index (χ0) is 13.8. The van der Waals surface area contributed by atoms with Crippen molar-refractivity contribution in [2.75, 3.05) is 0 Å². The third-order valence-electron chi connectivity index (χ3n) is 2.97. The maximum atomic E-state index is 9.97. The minimum atomic E-state index is 0.261. The van der Waals surface area contributed by atoms with Crippen molar-refractivity contribution < 1.29 is 5.11 Å². The van der Waals surface area contributed by atoms with Gasteiger partial charge in [0.1, 0.15) is 11.4 Å². The number of nitrogens with zero attached hydrogens (tertiary/aromatic N) is 3. The summed E-state index contributed by atoms with van der Waals surface area (Å²) in [5.41, 5.74) is 2.71. The van der Waals surface area contributed by atoms with Crippen LogP contribution < -0.4 is 0 Å². The lowest BCUT2D eigenvalue weighted by Crippen LogP contribution is -2.04. The zero-order valence-corrected chi connectivity index (χ0v) is 11.8. The van der Waals surface area contributed by atoms with Crippen molar-refractivity contribution in [2.45, 2.75) is 40.2 Å². The highest BCUT2D eigenvalue weighted by Crippen LogP contribution is 2.28. The van der Waals surface area contributed by atoms with Gasteiger partial charge in [-0.3, -0.25) is 4.68 Å². The van der Waals surface area contributed by atoms with E-state index in [0.29, 0.717) is 5.92 Å². The van der Waals surface area contributed by atoms with Gasteiger partial charge in [0.2, 0.25) is 0 Å². The Kier molecular flexibility index (Phi) is 4.20. The molecule has 0 aliphatic carbocycles. The summed E-state index contributed by atoms with van der Waals surface area (Å²) in [4.78, 5) is 0. The van der Waals surface area contributed by atoms with Gasteiger partial charge in [-0.05, 0) is 30.0 Å². The van der Waals surface area contributed by atoms with Gasteiger partial charge < -0.3 is 5.11 Å². The summed E-state index contributed by atoms with van der Waals surface area (Å²) in [6.07, 6.45) is 3.99. The van der Waals surface area contributed by atoms with Gasteiger partial charge in [0.05, 0.1) is 6.20 Å². The van der Waals surface area contributed by atoms with Gasteiger partial charge >= 0.3 is 0 Å². The highest BCUT2D eigenvalue weighted by Gasteiger charge is 2.10. The number of aromatic nitrogens is 3. The second-order valence-corrected chi connectivity index (χ2v) is 5.32. The predicted molar refractivity (Wildman–Crippen MR) is 76.0 cm³/mol. The SMILES string of the molecule is CCCc1ccc(O)c(-c2cn(CC(C)C)nn2)c1. The second-order valence-electron chi connectivity index (χ2n) is 5.32. The number of hydrogen-bond acceptors (Lipinski definition) is 3. The molecule has 2 rings (SSSR count). The predicted octanol–water partition coefficient (Wildman–Crippen LogP) is 3.26. The second kappa shape index (κ2) is 5.87. The molecular formula is C15H21N3O. The first-order valence-electron chi connectivity index (χ1n) is 6.82. The number of hydrogen-bond donors (Lipinski definition) is 1. The summed E-state index contributed by atoms with van der Waals surface area (Å²) in [5.74, 6) is 0.783. The molecule has 0 unspecified atom stereocenters. The van der Waals surface area contributed by atoms with Crippen LogP contribution in [0.25, 0.3) is 11.3 Å². The molecule has 1 heterocycles. The van der Waals surface area contributed by atoms with E-state index in [9.17, 15) is 5.11 Å². The Morgan fingerprint density at radius 1 is 1.32 bits per heavy atom. The van der Waals surface area contributed by atoms with Crippen LogP contribution in [0.2, 0.25) is 0 Å². The smallest absolute Gasteiger partial charge is 0.125 e. The van der Waals surface area contributed by atoms with Gasteiger partial charge in [-0.1, -0.05) is 38.5 Å². The van der Waals surface area contributed by atoms with Crippen LogP contribution in [-0.4, -0.2) is 20.1 Å². The summed E-state index contributed by atoms with van der Waals surface area (Å²) in [7, 11) is 0. The van der Waals surface area contributed by atoms with E-state index in [2.05, 4.69) is 31.1 Å². The van der Waals surface area contributed by atoms with Crippen LogP contribution in [0.15, 0.2) is 24.4 Å². The molecule has 0 amide bonds. The fraction of sp³-hybridized carbons (Fsp3) is 0.467. The third-order valence-corrected chi connectivity index (χ3v) is 2.97. The number of aromatic hydroxyl groups is 1. The molecule has 4 heteroatoms. The third kappa shape index (κ3) is 3.34. The number of rotatable bonds is 5. The van der Waals surface area contributed by atoms with Gasteiger partial charge in [0.15, 0.2) is 0 Å². The minimum Gasteiger partial charge on any atom is -0.507 e. The molecule has 1 aromatic carbocycles. The van der Waals surface area contributed by atoms with Crippen LogP contribution >= 0.6 is 0 Å². The summed E-state index contributed by atoms with van der Waals surface area (Å²) in [5, 5.41) is 18.2. The zero-order valence-electron chi connectivity index (χ0n) is 11.8. The van der Waals surface area contributed by atoms with Crippen molar-refractivity contribution in [1.29, 1.82) is 0 Å². The monoisotopic (exact) mass is 259 g/mol. The van der Waals surface area contributed by atoms with Gasteiger partial charge in [-0.25, -0.2) is 0 Å². The van der Waals surface area contributed by atoms with E-state index < -0.39 is 0 Å². The van der Waals surface area contributed by atoms with E-state index >= 15 is 0 Å². The Balaban J connectivity index is 2.29. The Hall–Kier alpha value is -1.84. The highest BCUT2D eigenvalue weighted by atomic mass is 16.3. The van der Waals surface area contributed by atoms with Crippen molar-refractivity contribution in [3.05, 3.63) is 30.0 Å². The highest BCUT2D eigenvalue weighted by molar-refractivity contribution is 5.66. The quantitative estimate of drug-likeness (QED) is 0.896. The first kappa shape index (κ1) is 13.6. The minimum absolute atomic E-state index is 0.261. The molecule has 0 radical (unpaired) electrons. The molecule has 0 fully saturated rings. The number of phenols is 1. The van der Waals surface area contributed by atoms with Gasteiger partial charge in [0.25, 0.3) is 0 Å². The normalized spacial score (nSPS) is 11.2. The van der Waals surface area contributed by atoms with Gasteiger partial charge in [-0.15, -0.1) is 5.10 Å². The molecule has 0 saturated carbocycles. The molecule has 1 N–H and O–H groups in total. The summed E-state index contributed by atoms with van der Waals surface area (Å²) in [6.45, 7) is 7.26. The maximum Gasteiger partial charge on any atom is 0.125 e. The van der Waals surface area contributed by atoms with Crippen molar-refractivity contribution in [1.82, 2.24) is 15.0 Å². The van der Waals surface area contributed by atoms with Crippen LogP contribution in [0.1, 0.15) is 32.8 Å². The molecule has 0 spiro atoms. The summed E-state index contributed by atoms with van der Waals surface area (Å²) >= 11 is 0. The first-order chi connectivity index (χ1) is 9.10. The fourth-order valence-electron chi connectivity index (χ4n) is 2.12. The molecule has 102 valence electrons. The van der Waals surface area contributed by atoms with Crippen molar-refractivity contribution in [2.24, 2.45) is 5.92 Å². The van der Waals surface area contributed by atoms with E-state index in [1.54, 1.807) is 6.07 Å². The lowest BCUT2D eigenvalue weighted by Gasteiger charge is -2.05. The number of aryl methyl sites for hydroxylation is 1. The van der Waals surface area contributed by atoms with E-state index in [0.717, 1.165) is 30.6 Å². The molecule has 0 aliphatic rings.